The molecule has 2 aliphatic heterocycles. The molecule has 6 nitrogen and oxygen atoms in total. The Bertz CT molecular complexity index is 873. The summed E-state index contributed by atoms with van der Waals surface area (Å²) in [5.41, 5.74) is 0.639. The standard InChI is InChI=1S/C20H19ClN2O4/c21-15-5-1-2-6-16(15)23-11-13(9-19(23)24)20(25)22-10-14-12-26-17-7-3-4-8-18(17)27-14/h1-8,13-14H,9-12H2,(H,22,25)/t13-,14-/m0/s1. The summed E-state index contributed by atoms with van der Waals surface area (Å²) in [4.78, 5) is 26.4. The van der Waals surface area contributed by atoms with E-state index >= 15 is 0 Å². The molecule has 4 rings (SSSR count). The molecular weight excluding hydrogens is 368 g/mol. The number of para-hydroxylation sites is 3. The van der Waals surface area contributed by atoms with Crippen LogP contribution in [0.15, 0.2) is 48.5 Å². The second-order valence-corrected chi connectivity index (χ2v) is 7.01. The summed E-state index contributed by atoms with van der Waals surface area (Å²) < 4.78 is 11.5. The number of nitrogens with zero attached hydrogens (tertiary/aromatic N) is 1. The highest BCUT2D eigenvalue weighted by atomic mass is 35.5. The number of anilines is 1. The molecule has 0 aromatic heterocycles. The first-order valence-electron chi connectivity index (χ1n) is 8.83. The highest BCUT2D eigenvalue weighted by molar-refractivity contribution is 6.33. The second-order valence-electron chi connectivity index (χ2n) is 6.60. The van der Waals surface area contributed by atoms with Crippen molar-refractivity contribution in [2.24, 2.45) is 5.92 Å². The first kappa shape index (κ1) is 17.7. The number of carbonyl (C=O) groups is 2. The molecule has 0 spiro atoms. The van der Waals surface area contributed by atoms with Gasteiger partial charge in [0, 0.05) is 13.0 Å². The summed E-state index contributed by atoms with van der Waals surface area (Å²) in [7, 11) is 0. The summed E-state index contributed by atoms with van der Waals surface area (Å²) in [6.07, 6.45) is -0.0947. The molecule has 2 atom stereocenters. The topological polar surface area (TPSA) is 67.9 Å². The van der Waals surface area contributed by atoms with Crippen molar-refractivity contribution in [3.63, 3.8) is 0 Å². The van der Waals surface area contributed by atoms with Crippen molar-refractivity contribution < 1.29 is 19.1 Å². The van der Waals surface area contributed by atoms with Crippen molar-refractivity contribution in [1.82, 2.24) is 5.32 Å². The van der Waals surface area contributed by atoms with Gasteiger partial charge in [0.15, 0.2) is 11.5 Å². The lowest BCUT2D eigenvalue weighted by Gasteiger charge is -2.26. The van der Waals surface area contributed by atoms with Crippen LogP contribution in [0.4, 0.5) is 5.69 Å². The number of benzene rings is 2. The van der Waals surface area contributed by atoms with Crippen LogP contribution in [-0.2, 0) is 9.59 Å². The van der Waals surface area contributed by atoms with E-state index in [4.69, 9.17) is 21.1 Å². The van der Waals surface area contributed by atoms with Crippen LogP contribution in [0.5, 0.6) is 11.5 Å². The van der Waals surface area contributed by atoms with E-state index in [9.17, 15) is 9.59 Å². The molecule has 1 N–H and O–H groups in total. The lowest BCUT2D eigenvalue weighted by atomic mass is 10.1. The van der Waals surface area contributed by atoms with Crippen LogP contribution in [0, 0.1) is 5.92 Å². The van der Waals surface area contributed by atoms with Crippen LogP contribution in [0.2, 0.25) is 5.02 Å². The minimum absolute atomic E-state index is 0.102. The molecule has 1 fully saturated rings. The molecule has 0 radical (unpaired) electrons. The van der Waals surface area contributed by atoms with E-state index in [2.05, 4.69) is 5.32 Å². The Hall–Kier alpha value is -2.73. The lowest BCUT2D eigenvalue weighted by Crippen LogP contribution is -2.43. The van der Waals surface area contributed by atoms with E-state index in [0.29, 0.717) is 41.9 Å². The predicted molar refractivity (Wildman–Crippen MR) is 101 cm³/mol. The Balaban J connectivity index is 1.33. The predicted octanol–water partition coefficient (Wildman–Crippen LogP) is 2.65. The molecule has 2 amide bonds. The van der Waals surface area contributed by atoms with Gasteiger partial charge >= 0.3 is 0 Å². The number of amides is 2. The zero-order valence-corrected chi connectivity index (χ0v) is 15.3. The van der Waals surface area contributed by atoms with E-state index < -0.39 is 5.92 Å². The highest BCUT2D eigenvalue weighted by Gasteiger charge is 2.36. The first-order chi connectivity index (χ1) is 13.1. The van der Waals surface area contributed by atoms with Crippen LogP contribution in [0.25, 0.3) is 0 Å². The average molecular weight is 387 g/mol. The molecule has 0 unspecified atom stereocenters. The van der Waals surface area contributed by atoms with Gasteiger partial charge in [-0.25, -0.2) is 0 Å². The Morgan fingerprint density at radius 3 is 2.70 bits per heavy atom. The first-order valence-corrected chi connectivity index (χ1v) is 9.20. The fourth-order valence-corrected chi connectivity index (χ4v) is 3.55. The minimum Gasteiger partial charge on any atom is -0.486 e. The van der Waals surface area contributed by atoms with Gasteiger partial charge in [0.2, 0.25) is 11.8 Å². The van der Waals surface area contributed by atoms with Crippen molar-refractivity contribution in [2.75, 3.05) is 24.6 Å². The van der Waals surface area contributed by atoms with Crippen molar-refractivity contribution in [3.8, 4) is 11.5 Å². The number of hydrogen-bond acceptors (Lipinski definition) is 4. The van der Waals surface area contributed by atoms with E-state index in [1.165, 1.54) is 0 Å². The van der Waals surface area contributed by atoms with Gasteiger partial charge in [-0.15, -0.1) is 0 Å². The maximum absolute atomic E-state index is 12.5. The maximum atomic E-state index is 12.5. The van der Waals surface area contributed by atoms with Gasteiger partial charge in [-0.1, -0.05) is 35.9 Å². The van der Waals surface area contributed by atoms with E-state index in [1.54, 1.807) is 23.1 Å². The van der Waals surface area contributed by atoms with Gasteiger partial charge in [-0.3, -0.25) is 9.59 Å². The normalized spacial score (nSPS) is 21.2. The van der Waals surface area contributed by atoms with Crippen LogP contribution < -0.4 is 19.7 Å². The monoisotopic (exact) mass is 386 g/mol. The highest BCUT2D eigenvalue weighted by Crippen LogP contribution is 2.32. The van der Waals surface area contributed by atoms with Gasteiger partial charge in [-0.05, 0) is 24.3 Å². The summed E-state index contributed by atoms with van der Waals surface area (Å²) in [5, 5.41) is 3.37. The van der Waals surface area contributed by atoms with Gasteiger partial charge in [-0.2, -0.15) is 0 Å². The van der Waals surface area contributed by atoms with Gasteiger partial charge < -0.3 is 19.7 Å². The van der Waals surface area contributed by atoms with Crippen LogP contribution in [-0.4, -0.2) is 37.6 Å². The molecule has 2 heterocycles. The van der Waals surface area contributed by atoms with Gasteiger partial charge in [0.25, 0.3) is 0 Å². The molecular formula is C20H19ClN2O4. The Labute approximate surface area is 162 Å². The summed E-state index contributed by atoms with van der Waals surface area (Å²) in [6, 6.07) is 14.6. The lowest BCUT2D eigenvalue weighted by molar-refractivity contribution is -0.126. The SMILES string of the molecule is O=C(NC[C@H]1COc2ccccc2O1)[C@H]1CC(=O)N(c2ccccc2Cl)C1. The maximum Gasteiger partial charge on any atom is 0.227 e. The van der Waals surface area contributed by atoms with Crippen molar-refractivity contribution in [3.05, 3.63) is 53.6 Å². The molecule has 1 saturated heterocycles. The number of halogens is 1. The summed E-state index contributed by atoms with van der Waals surface area (Å²) in [6.45, 7) is 1.01. The zero-order chi connectivity index (χ0) is 18.8. The summed E-state index contributed by atoms with van der Waals surface area (Å²) >= 11 is 6.18. The van der Waals surface area contributed by atoms with Crippen LogP contribution in [0.1, 0.15) is 6.42 Å². The van der Waals surface area contributed by atoms with E-state index in [-0.39, 0.29) is 24.3 Å². The molecule has 2 aromatic rings. The third-order valence-corrected chi connectivity index (χ3v) is 5.03. The molecule has 7 heteroatoms. The zero-order valence-electron chi connectivity index (χ0n) is 14.6. The Morgan fingerprint density at radius 1 is 1.15 bits per heavy atom. The quantitative estimate of drug-likeness (QED) is 0.877. The second kappa shape index (κ2) is 7.48. The third kappa shape index (κ3) is 3.71. The summed E-state index contributed by atoms with van der Waals surface area (Å²) in [5.74, 6) is 0.696. The molecule has 27 heavy (non-hydrogen) atoms. The fraction of sp³-hybridized carbons (Fsp3) is 0.300. The van der Waals surface area contributed by atoms with Gasteiger partial charge in [0.05, 0.1) is 23.2 Å². The number of nitrogens with one attached hydrogen (secondary N) is 1. The van der Waals surface area contributed by atoms with Crippen molar-refractivity contribution in [1.29, 1.82) is 0 Å². The molecule has 0 saturated carbocycles. The molecule has 0 aliphatic carbocycles. The Kier molecular flexibility index (Phi) is 4.90. The van der Waals surface area contributed by atoms with Gasteiger partial charge in [0.1, 0.15) is 12.7 Å². The van der Waals surface area contributed by atoms with E-state index in [1.807, 2.05) is 30.3 Å². The van der Waals surface area contributed by atoms with E-state index in [0.717, 1.165) is 0 Å². The average Bonchev–Trinajstić information content (AvgIpc) is 3.08. The largest absolute Gasteiger partial charge is 0.486 e. The molecule has 140 valence electrons. The number of ether oxygens (including phenoxy) is 2. The Morgan fingerprint density at radius 2 is 1.89 bits per heavy atom. The van der Waals surface area contributed by atoms with Crippen molar-refractivity contribution in [2.45, 2.75) is 12.5 Å². The smallest absolute Gasteiger partial charge is 0.227 e. The molecule has 2 aromatic carbocycles. The third-order valence-electron chi connectivity index (χ3n) is 4.71. The van der Waals surface area contributed by atoms with Crippen LogP contribution in [0.3, 0.4) is 0 Å². The fourth-order valence-electron chi connectivity index (χ4n) is 3.31. The number of rotatable bonds is 4. The minimum atomic E-state index is -0.412. The number of hydrogen-bond donors (Lipinski definition) is 1. The molecule has 2 aliphatic rings. The van der Waals surface area contributed by atoms with Crippen LogP contribution >= 0.6 is 11.6 Å². The molecule has 0 bridgehead atoms. The number of carbonyl (C=O) groups excluding carboxylic acids is 2. The number of fused-ring (bicyclic) bond motifs is 1. The van der Waals surface area contributed by atoms with Crippen molar-refractivity contribution >= 4 is 29.1 Å².